The summed E-state index contributed by atoms with van der Waals surface area (Å²) < 4.78 is 3.44. The highest BCUT2D eigenvalue weighted by molar-refractivity contribution is 5.66. The van der Waals surface area contributed by atoms with Crippen LogP contribution in [0.3, 0.4) is 0 Å². The summed E-state index contributed by atoms with van der Waals surface area (Å²) >= 11 is 0. The second-order valence-electron chi connectivity index (χ2n) is 5.12. The van der Waals surface area contributed by atoms with Crippen molar-refractivity contribution in [2.24, 2.45) is 14.1 Å². The van der Waals surface area contributed by atoms with Crippen molar-refractivity contribution in [3.8, 4) is 11.1 Å². The van der Waals surface area contributed by atoms with Gasteiger partial charge in [0, 0.05) is 43.7 Å². The Balaban J connectivity index is 2.16. The molecule has 0 spiro atoms. The third-order valence-corrected chi connectivity index (χ3v) is 3.82. The smallest absolute Gasteiger partial charge is 0.250 e. The van der Waals surface area contributed by atoms with Crippen molar-refractivity contribution in [1.29, 1.82) is 0 Å². The van der Waals surface area contributed by atoms with Crippen molar-refractivity contribution in [3.63, 3.8) is 0 Å². The first-order valence-corrected chi connectivity index (χ1v) is 6.35. The largest absolute Gasteiger partial charge is 0.318 e. The van der Waals surface area contributed by atoms with Crippen LogP contribution in [0, 0.1) is 0 Å². The minimum atomic E-state index is 0.0736. The number of aryl methyl sites for hydroxylation is 2. The molecule has 1 aliphatic carbocycles. The minimum absolute atomic E-state index is 0.0736. The first-order chi connectivity index (χ1) is 8.65. The molecular weight excluding hydrogens is 226 g/mol. The molecule has 0 amide bonds. The highest BCUT2D eigenvalue weighted by Crippen LogP contribution is 2.40. The van der Waals surface area contributed by atoms with Crippen LogP contribution in [0.5, 0.6) is 0 Å². The molecule has 0 aromatic carbocycles. The molecule has 94 valence electrons. The first kappa shape index (κ1) is 11.3. The Morgan fingerprint density at radius 1 is 1.28 bits per heavy atom. The third kappa shape index (κ3) is 1.78. The maximum absolute atomic E-state index is 11.8. The van der Waals surface area contributed by atoms with Crippen molar-refractivity contribution in [2.75, 3.05) is 0 Å². The molecule has 0 radical (unpaired) electrons. The summed E-state index contributed by atoms with van der Waals surface area (Å²) in [7, 11) is 3.71. The lowest BCUT2D eigenvalue weighted by molar-refractivity contribution is 0.419. The van der Waals surface area contributed by atoms with Gasteiger partial charge in [0.1, 0.15) is 0 Å². The molecule has 0 N–H and O–H groups in total. The van der Waals surface area contributed by atoms with E-state index in [4.69, 9.17) is 0 Å². The highest BCUT2D eigenvalue weighted by atomic mass is 16.1. The van der Waals surface area contributed by atoms with Gasteiger partial charge in [-0.05, 0) is 24.3 Å². The Kier molecular flexibility index (Phi) is 2.58. The van der Waals surface area contributed by atoms with Crippen molar-refractivity contribution >= 4 is 0 Å². The van der Waals surface area contributed by atoms with E-state index in [9.17, 15) is 4.79 Å². The molecule has 1 saturated carbocycles. The van der Waals surface area contributed by atoms with Crippen molar-refractivity contribution in [2.45, 2.75) is 25.2 Å². The molecule has 1 aliphatic rings. The fourth-order valence-electron chi connectivity index (χ4n) is 2.50. The van der Waals surface area contributed by atoms with E-state index in [1.807, 2.05) is 25.6 Å². The zero-order chi connectivity index (χ0) is 12.7. The Hall–Kier alpha value is -1.84. The van der Waals surface area contributed by atoms with E-state index in [0.717, 1.165) is 11.1 Å². The van der Waals surface area contributed by atoms with Gasteiger partial charge < -0.3 is 4.57 Å². The molecule has 0 atom stereocenters. The summed E-state index contributed by atoms with van der Waals surface area (Å²) in [6, 6.07) is 1.80. The number of pyridine rings is 1. The van der Waals surface area contributed by atoms with Crippen LogP contribution in [0.25, 0.3) is 11.1 Å². The van der Waals surface area contributed by atoms with Gasteiger partial charge in [-0.1, -0.05) is 6.42 Å². The Morgan fingerprint density at radius 3 is 2.61 bits per heavy atom. The molecule has 0 bridgehead atoms. The van der Waals surface area contributed by atoms with Gasteiger partial charge >= 0.3 is 0 Å². The van der Waals surface area contributed by atoms with Crippen LogP contribution >= 0.6 is 0 Å². The lowest BCUT2D eigenvalue weighted by Gasteiger charge is -2.27. The molecule has 2 aromatic heterocycles. The van der Waals surface area contributed by atoms with Crippen LogP contribution in [0.2, 0.25) is 0 Å². The zero-order valence-corrected chi connectivity index (χ0v) is 10.8. The number of aromatic nitrogens is 3. The monoisotopic (exact) mass is 243 g/mol. The lowest BCUT2D eigenvalue weighted by atomic mass is 9.78. The summed E-state index contributed by atoms with van der Waals surface area (Å²) in [5.41, 5.74) is 3.51. The third-order valence-electron chi connectivity index (χ3n) is 3.82. The molecular formula is C14H17N3O. The molecule has 0 aliphatic heterocycles. The molecule has 0 saturated heterocycles. The van der Waals surface area contributed by atoms with Crippen molar-refractivity contribution < 1.29 is 0 Å². The number of rotatable bonds is 2. The van der Waals surface area contributed by atoms with Crippen LogP contribution in [0.15, 0.2) is 29.5 Å². The van der Waals surface area contributed by atoms with E-state index < -0.39 is 0 Å². The van der Waals surface area contributed by atoms with Gasteiger partial charge in [-0.15, -0.1) is 0 Å². The van der Waals surface area contributed by atoms with E-state index in [0.29, 0.717) is 5.92 Å². The molecule has 2 aromatic rings. The average Bonchev–Trinajstić information content (AvgIpc) is 2.67. The molecule has 2 heterocycles. The second kappa shape index (κ2) is 4.12. The van der Waals surface area contributed by atoms with Gasteiger partial charge in [-0.3, -0.25) is 9.48 Å². The van der Waals surface area contributed by atoms with Gasteiger partial charge in [0.2, 0.25) is 0 Å². The molecule has 1 fully saturated rings. The van der Waals surface area contributed by atoms with Gasteiger partial charge in [-0.2, -0.15) is 5.10 Å². The summed E-state index contributed by atoms with van der Waals surface area (Å²) in [4.78, 5) is 11.8. The van der Waals surface area contributed by atoms with Gasteiger partial charge in [0.05, 0.1) is 6.20 Å². The molecule has 0 unspecified atom stereocenters. The summed E-state index contributed by atoms with van der Waals surface area (Å²) in [5, 5.41) is 4.22. The van der Waals surface area contributed by atoms with Crippen LogP contribution < -0.4 is 5.56 Å². The molecule has 18 heavy (non-hydrogen) atoms. The standard InChI is InChI=1S/C14H17N3O/c1-16-9-13(11-7-15-17(2)8-11)12(6-14(16)18)10-4-3-5-10/h6-10H,3-5H2,1-2H3. The van der Waals surface area contributed by atoms with E-state index in [1.165, 1.54) is 24.8 Å². The Morgan fingerprint density at radius 2 is 2.06 bits per heavy atom. The summed E-state index contributed by atoms with van der Waals surface area (Å²) in [6.45, 7) is 0. The Bertz CT molecular complexity index is 635. The second-order valence-corrected chi connectivity index (χ2v) is 5.12. The predicted octanol–water partition coefficient (Wildman–Crippen LogP) is 2.05. The number of hydrogen-bond acceptors (Lipinski definition) is 2. The average molecular weight is 243 g/mol. The van der Waals surface area contributed by atoms with E-state index >= 15 is 0 Å². The minimum Gasteiger partial charge on any atom is -0.318 e. The first-order valence-electron chi connectivity index (χ1n) is 6.35. The van der Waals surface area contributed by atoms with Crippen LogP contribution in [-0.2, 0) is 14.1 Å². The molecule has 4 nitrogen and oxygen atoms in total. The van der Waals surface area contributed by atoms with E-state index in [2.05, 4.69) is 5.10 Å². The quantitative estimate of drug-likeness (QED) is 0.810. The Labute approximate surface area is 106 Å². The maximum Gasteiger partial charge on any atom is 0.250 e. The fourth-order valence-corrected chi connectivity index (χ4v) is 2.50. The summed E-state index contributed by atoms with van der Waals surface area (Å²) in [5.74, 6) is 0.550. The van der Waals surface area contributed by atoms with Crippen molar-refractivity contribution in [1.82, 2.24) is 14.3 Å². The normalized spacial score (nSPS) is 15.7. The zero-order valence-electron chi connectivity index (χ0n) is 10.8. The lowest BCUT2D eigenvalue weighted by Crippen LogP contribution is -2.20. The van der Waals surface area contributed by atoms with Crippen molar-refractivity contribution in [3.05, 3.63) is 40.6 Å². The van der Waals surface area contributed by atoms with E-state index in [1.54, 1.807) is 22.4 Å². The number of nitrogens with zero attached hydrogens (tertiary/aromatic N) is 3. The van der Waals surface area contributed by atoms with Crippen LogP contribution in [0.1, 0.15) is 30.7 Å². The van der Waals surface area contributed by atoms with Gasteiger partial charge in [0.25, 0.3) is 5.56 Å². The molecule has 3 rings (SSSR count). The summed E-state index contributed by atoms with van der Waals surface area (Å²) in [6.07, 6.45) is 9.46. The number of hydrogen-bond donors (Lipinski definition) is 0. The van der Waals surface area contributed by atoms with Crippen LogP contribution in [0.4, 0.5) is 0 Å². The van der Waals surface area contributed by atoms with Gasteiger partial charge in [0.15, 0.2) is 0 Å². The topological polar surface area (TPSA) is 39.8 Å². The SMILES string of the molecule is Cn1cc(-c2cn(C)c(=O)cc2C2CCC2)cn1. The molecule has 4 heteroatoms. The van der Waals surface area contributed by atoms with Crippen LogP contribution in [-0.4, -0.2) is 14.3 Å². The fraction of sp³-hybridized carbons (Fsp3) is 0.429. The van der Waals surface area contributed by atoms with E-state index in [-0.39, 0.29) is 5.56 Å². The highest BCUT2D eigenvalue weighted by Gasteiger charge is 2.23. The predicted molar refractivity (Wildman–Crippen MR) is 70.5 cm³/mol. The van der Waals surface area contributed by atoms with Gasteiger partial charge in [-0.25, -0.2) is 0 Å². The maximum atomic E-state index is 11.8.